The number of azo groups is 1. The highest BCUT2D eigenvalue weighted by Crippen LogP contribution is 2.33. The summed E-state index contributed by atoms with van der Waals surface area (Å²) in [6.07, 6.45) is 37.4. The van der Waals surface area contributed by atoms with E-state index in [1.807, 2.05) is 18.2 Å². The molecular weight excluding hydrogens is 633 g/mol. The van der Waals surface area contributed by atoms with Crippen LogP contribution in [0.25, 0.3) is 0 Å². The monoisotopic (exact) mass is 707 g/mol. The normalized spacial score (nSPS) is 11.4. The number of aromatic carboxylic acids is 1. The number of carboxylic acid groups (broad SMARTS) is 1. The van der Waals surface area contributed by atoms with E-state index in [4.69, 9.17) is 14.6 Å². The van der Waals surface area contributed by atoms with Crippen LogP contribution in [0.3, 0.4) is 0 Å². The van der Waals surface area contributed by atoms with Crippen molar-refractivity contribution in [2.45, 2.75) is 194 Å². The molecule has 0 unspecified atom stereocenters. The van der Waals surface area contributed by atoms with Crippen LogP contribution in [0, 0.1) is 0 Å². The highest BCUT2D eigenvalue weighted by atomic mass is 16.5. The van der Waals surface area contributed by atoms with Gasteiger partial charge in [0.1, 0.15) is 0 Å². The molecule has 2 aromatic carbocycles. The highest BCUT2D eigenvalue weighted by Gasteiger charge is 2.08. The van der Waals surface area contributed by atoms with E-state index in [0.29, 0.717) is 30.3 Å². The van der Waals surface area contributed by atoms with E-state index in [-0.39, 0.29) is 5.56 Å². The van der Waals surface area contributed by atoms with Gasteiger partial charge >= 0.3 is 5.97 Å². The molecule has 0 heterocycles. The van der Waals surface area contributed by atoms with Gasteiger partial charge in [-0.25, -0.2) is 4.79 Å². The fraction of sp³-hybridized carbons (Fsp3) is 0.711. The van der Waals surface area contributed by atoms with Crippen LogP contribution in [0.15, 0.2) is 52.7 Å². The van der Waals surface area contributed by atoms with Crippen molar-refractivity contribution in [1.29, 1.82) is 0 Å². The van der Waals surface area contributed by atoms with Gasteiger partial charge in [-0.05, 0) is 49.2 Å². The summed E-state index contributed by atoms with van der Waals surface area (Å²) in [5, 5.41) is 17.8. The number of hydrogen-bond donors (Lipinski definition) is 1. The lowest BCUT2D eigenvalue weighted by Gasteiger charge is -2.13. The summed E-state index contributed by atoms with van der Waals surface area (Å²) < 4.78 is 12.5. The quantitative estimate of drug-likeness (QED) is 0.0571. The number of carbonyl (C=O) groups is 1. The fourth-order valence-electron chi connectivity index (χ4n) is 6.53. The third-order valence-electron chi connectivity index (χ3n) is 9.83. The molecule has 1 N–H and O–H groups in total. The zero-order chi connectivity index (χ0) is 36.5. The number of benzene rings is 2. The highest BCUT2D eigenvalue weighted by molar-refractivity contribution is 5.87. The van der Waals surface area contributed by atoms with E-state index < -0.39 is 5.97 Å². The maximum Gasteiger partial charge on any atom is 0.335 e. The van der Waals surface area contributed by atoms with Crippen LogP contribution < -0.4 is 9.47 Å². The second-order valence-corrected chi connectivity index (χ2v) is 14.6. The summed E-state index contributed by atoms with van der Waals surface area (Å²) in [4.78, 5) is 11.2. The van der Waals surface area contributed by atoms with Gasteiger partial charge in [0.2, 0.25) is 0 Å². The summed E-state index contributed by atoms with van der Waals surface area (Å²) in [5.41, 5.74) is 1.51. The number of ether oxygens (including phenoxy) is 2. The van der Waals surface area contributed by atoms with Gasteiger partial charge in [0.25, 0.3) is 0 Å². The minimum atomic E-state index is -0.955. The standard InChI is InChI=1S/C45H74N2O4/c1-3-5-7-9-11-13-15-17-19-21-23-25-27-29-37-50-43-36-35-42(47-46-41-33-31-40(32-34-41)45(48)49)39-44(43)51-38-30-28-26-24-22-20-18-16-14-12-10-8-6-4-2/h31-36,39H,3-30,37-38H2,1-2H3,(H,48,49). The number of nitrogens with zero attached hydrogens (tertiary/aromatic N) is 2. The predicted molar refractivity (Wildman–Crippen MR) is 216 cm³/mol. The SMILES string of the molecule is CCCCCCCCCCCCCCCCOc1ccc(N=Nc2ccc(C(=O)O)cc2)cc1OCCCCCCCCCCCCCCCC. The lowest BCUT2D eigenvalue weighted by atomic mass is 10.0. The molecular formula is C45H74N2O4. The van der Waals surface area contributed by atoms with Gasteiger partial charge < -0.3 is 14.6 Å². The second kappa shape index (κ2) is 31.8. The molecule has 0 atom stereocenters. The molecule has 2 rings (SSSR count). The van der Waals surface area contributed by atoms with Crippen LogP contribution in [0.5, 0.6) is 11.5 Å². The summed E-state index contributed by atoms with van der Waals surface area (Å²) >= 11 is 0. The topological polar surface area (TPSA) is 80.5 Å². The lowest BCUT2D eigenvalue weighted by molar-refractivity contribution is 0.0697. The Bertz CT molecular complexity index is 1130. The average molecular weight is 707 g/mol. The average Bonchev–Trinajstić information content (AvgIpc) is 3.14. The lowest BCUT2D eigenvalue weighted by Crippen LogP contribution is -2.02. The molecule has 0 saturated heterocycles. The number of hydrogen-bond acceptors (Lipinski definition) is 5. The zero-order valence-corrected chi connectivity index (χ0v) is 32.8. The first-order valence-electron chi connectivity index (χ1n) is 21.3. The Balaban J connectivity index is 1.69. The van der Waals surface area contributed by atoms with Crippen molar-refractivity contribution < 1.29 is 19.4 Å². The van der Waals surface area contributed by atoms with Gasteiger partial charge in [-0.2, -0.15) is 10.2 Å². The molecule has 0 aliphatic heterocycles. The maximum absolute atomic E-state index is 11.2. The molecule has 0 aliphatic rings. The van der Waals surface area contributed by atoms with E-state index in [2.05, 4.69) is 24.1 Å². The molecule has 288 valence electrons. The zero-order valence-electron chi connectivity index (χ0n) is 32.8. The van der Waals surface area contributed by atoms with Crippen LogP contribution in [0.1, 0.15) is 204 Å². The van der Waals surface area contributed by atoms with Crippen molar-refractivity contribution in [3.05, 3.63) is 48.0 Å². The van der Waals surface area contributed by atoms with Crippen LogP contribution in [-0.2, 0) is 0 Å². The Hall–Kier alpha value is -2.89. The molecule has 51 heavy (non-hydrogen) atoms. The van der Waals surface area contributed by atoms with Gasteiger partial charge in [-0.15, -0.1) is 0 Å². The van der Waals surface area contributed by atoms with Crippen molar-refractivity contribution in [2.75, 3.05) is 13.2 Å². The van der Waals surface area contributed by atoms with E-state index in [9.17, 15) is 4.79 Å². The Morgan fingerprint density at radius 2 is 0.784 bits per heavy atom. The first kappa shape index (κ1) is 44.3. The van der Waals surface area contributed by atoms with Gasteiger partial charge in [0.05, 0.1) is 30.2 Å². The first-order chi connectivity index (χ1) is 25.1. The second-order valence-electron chi connectivity index (χ2n) is 14.6. The van der Waals surface area contributed by atoms with Crippen LogP contribution >= 0.6 is 0 Å². The molecule has 0 aromatic heterocycles. The maximum atomic E-state index is 11.2. The van der Waals surface area contributed by atoms with Gasteiger partial charge in [0, 0.05) is 6.07 Å². The predicted octanol–water partition coefficient (Wildman–Crippen LogP) is 15.5. The van der Waals surface area contributed by atoms with E-state index in [0.717, 1.165) is 18.6 Å². The van der Waals surface area contributed by atoms with Crippen molar-refractivity contribution >= 4 is 17.3 Å². The summed E-state index contributed by atoms with van der Waals surface area (Å²) in [7, 11) is 0. The molecule has 6 heteroatoms. The number of unbranched alkanes of at least 4 members (excludes halogenated alkanes) is 26. The first-order valence-corrected chi connectivity index (χ1v) is 21.3. The van der Waals surface area contributed by atoms with Crippen LogP contribution in [-0.4, -0.2) is 24.3 Å². The molecule has 0 aliphatic carbocycles. The fourth-order valence-corrected chi connectivity index (χ4v) is 6.53. The molecule has 0 radical (unpaired) electrons. The van der Waals surface area contributed by atoms with E-state index >= 15 is 0 Å². The van der Waals surface area contributed by atoms with E-state index in [1.165, 1.54) is 179 Å². The smallest absolute Gasteiger partial charge is 0.335 e. The number of carboxylic acids is 1. The Labute approximate surface area is 312 Å². The molecule has 0 bridgehead atoms. The van der Waals surface area contributed by atoms with Crippen molar-refractivity contribution in [1.82, 2.24) is 0 Å². The third kappa shape index (κ3) is 24.1. The largest absolute Gasteiger partial charge is 0.490 e. The molecule has 0 amide bonds. The van der Waals surface area contributed by atoms with Crippen molar-refractivity contribution in [2.24, 2.45) is 10.2 Å². The number of rotatable bonds is 35. The van der Waals surface area contributed by atoms with Crippen molar-refractivity contribution in [3.8, 4) is 11.5 Å². The minimum absolute atomic E-state index is 0.230. The summed E-state index contributed by atoms with van der Waals surface area (Å²) in [5.74, 6) is 0.524. The Kier molecular flexibility index (Phi) is 27.6. The molecule has 0 fully saturated rings. The van der Waals surface area contributed by atoms with E-state index in [1.54, 1.807) is 12.1 Å². The molecule has 0 saturated carbocycles. The summed E-state index contributed by atoms with van der Waals surface area (Å²) in [6, 6.07) is 12.1. The molecule has 6 nitrogen and oxygen atoms in total. The van der Waals surface area contributed by atoms with Gasteiger partial charge in [-0.3, -0.25) is 0 Å². The van der Waals surface area contributed by atoms with Crippen LogP contribution in [0.4, 0.5) is 11.4 Å². The molecule has 0 spiro atoms. The van der Waals surface area contributed by atoms with Gasteiger partial charge in [-0.1, -0.05) is 181 Å². The van der Waals surface area contributed by atoms with Gasteiger partial charge in [0.15, 0.2) is 11.5 Å². The Morgan fingerprint density at radius 1 is 0.451 bits per heavy atom. The Morgan fingerprint density at radius 3 is 1.18 bits per heavy atom. The third-order valence-corrected chi connectivity index (χ3v) is 9.83. The van der Waals surface area contributed by atoms with Crippen LogP contribution in [0.2, 0.25) is 0 Å². The minimum Gasteiger partial charge on any atom is -0.490 e. The summed E-state index contributed by atoms with van der Waals surface area (Å²) in [6.45, 7) is 5.91. The van der Waals surface area contributed by atoms with Crippen molar-refractivity contribution in [3.63, 3.8) is 0 Å². The molecule has 2 aromatic rings.